The minimum Gasteiger partial charge on any atom is -0.772 e. The second-order valence-corrected chi connectivity index (χ2v) is 8.81. The van der Waals surface area contributed by atoms with Crippen molar-refractivity contribution in [1.82, 2.24) is 15.3 Å². The van der Waals surface area contributed by atoms with Crippen LogP contribution >= 0.6 is 11.6 Å². The first-order valence-corrected chi connectivity index (χ1v) is 11.7. The van der Waals surface area contributed by atoms with Gasteiger partial charge in [-0.1, -0.05) is 59.1 Å². The average Bonchev–Trinajstić information content (AvgIpc) is 2.79. The van der Waals surface area contributed by atoms with Crippen LogP contribution in [0.25, 0.3) is 22.4 Å². The third-order valence-electron chi connectivity index (χ3n) is 5.20. The summed E-state index contributed by atoms with van der Waals surface area (Å²) in [5.41, 5.74) is 2.14. The van der Waals surface area contributed by atoms with Crippen LogP contribution in [0.5, 0.6) is 0 Å². The van der Waals surface area contributed by atoms with Crippen LogP contribution in [-0.4, -0.2) is 44.9 Å². The minimum absolute atomic E-state index is 0.114. The van der Waals surface area contributed by atoms with Gasteiger partial charge in [0.15, 0.2) is 0 Å². The minimum atomic E-state index is -4.74. The molecule has 0 amide bonds. The normalized spacial score (nSPS) is 15.5. The van der Waals surface area contributed by atoms with E-state index in [0.717, 1.165) is 0 Å². The molecule has 1 aliphatic rings. The van der Waals surface area contributed by atoms with Crippen LogP contribution in [0.15, 0.2) is 48.5 Å². The number of halogens is 4. The van der Waals surface area contributed by atoms with E-state index in [0.29, 0.717) is 53.5 Å². The lowest BCUT2D eigenvalue weighted by Gasteiger charge is -2.31. The average molecular weight is 496 g/mol. The summed E-state index contributed by atoms with van der Waals surface area (Å²) in [6, 6.07) is 13.0. The van der Waals surface area contributed by atoms with Gasteiger partial charge in [-0.05, 0) is 23.3 Å². The maximum atomic E-state index is 13.8. The molecule has 1 aliphatic heterocycles. The molecule has 2 heterocycles. The molecule has 1 N–H and O–H groups in total. The van der Waals surface area contributed by atoms with E-state index in [2.05, 4.69) is 15.3 Å². The van der Waals surface area contributed by atoms with Crippen molar-refractivity contribution in [3.8, 4) is 22.4 Å². The predicted octanol–water partition coefficient (Wildman–Crippen LogP) is 4.27. The first-order chi connectivity index (χ1) is 15.7. The van der Waals surface area contributed by atoms with E-state index >= 15 is 0 Å². The van der Waals surface area contributed by atoms with E-state index in [1.54, 1.807) is 48.5 Å². The summed E-state index contributed by atoms with van der Waals surface area (Å²) in [5, 5.41) is 3.68. The van der Waals surface area contributed by atoms with E-state index in [4.69, 9.17) is 11.6 Å². The van der Waals surface area contributed by atoms with Crippen LogP contribution in [0.1, 0.15) is 11.4 Å². The number of anilines is 1. The van der Waals surface area contributed by atoms with E-state index < -0.39 is 23.1 Å². The Balaban J connectivity index is 1.95. The van der Waals surface area contributed by atoms with Crippen molar-refractivity contribution in [2.45, 2.75) is 11.9 Å². The zero-order chi connectivity index (χ0) is 23.6. The number of rotatable bonds is 5. The number of benzene rings is 2. The van der Waals surface area contributed by atoms with Crippen molar-refractivity contribution in [3.05, 3.63) is 64.9 Å². The zero-order valence-electron chi connectivity index (χ0n) is 17.2. The van der Waals surface area contributed by atoms with Crippen LogP contribution in [0.2, 0.25) is 5.02 Å². The first kappa shape index (κ1) is 23.6. The third-order valence-corrected chi connectivity index (χ3v) is 6.03. The Labute approximate surface area is 196 Å². The Morgan fingerprint density at radius 3 is 2.18 bits per heavy atom. The van der Waals surface area contributed by atoms with E-state index in [-0.39, 0.29) is 17.3 Å². The van der Waals surface area contributed by atoms with Crippen molar-refractivity contribution in [1.29, 1.82) is 0 Å². The number of piperazine rings is 1. The highest BCUT2D eigenvalue weighted by Crippen LogP contribution is 2.40. The van der Waals surface area contributed by atoms with Gasteiger partial charge < -0.3 is 14.8 Å². The SMILES string of the molecule is O=S([O-])Cc1ccc(-c2nc(C(F)(F)F)nc(N3CCNCC3)c2-c2ccc(Cl)cc2)cc1. The summed E-state index contributed by atoms with van der Waals surface area (Å²) in [6.45, 7) is 2.20. The van der Waals surface area contributed by atoms with Crippen molar-refractivity contribution >= 4 is 28.5 Å². The molecule has 6 nitrogen and oxygen atoms in total. The second kappa shape index (κ2) is 9.76. The van der Waals surface area contributed by atoms with Crippen LogP contribution in [-0.2, 0) is 23.0 Å². The fourth-order valence-electron chi connectivity index (χ4n) is 3.67. The quantitative estimate of drug-likeness (QED) is 0.532. The van der Waals surface area contributed by atoms with Gasteiger partial charge in [-0.3, -0.25) is 4.21 Å². The summed E-state index contributed by atoms with van der Waals surface area (Å²) in [5.74, 6) is -1.22. The molecule has 1 atom stereocenters. The summed E-state index contributed by atoms with van der Waals surface area (Å²) in [7, 11) is 0. The lowest BCUT2D eigenvalue weighted by atomic mass is 9.98. The molecule has 1 saturated heterocycles. The van der Waals surface area contributed by atoms with Gasteiger partial charge in [0.2, 0.25) is 5.82 Å². The number of nitrogens with one attached hydrogen (secondary N) is 1. The Kier molecular flexibility index (Phi) is 6.99. The molecule has 0 spiro atoms. The lowest BCUT2D eigenvalue weighted by molar-refractivity contribution is -0.144. The van der Waals surface area contributed by atoms with E-state index in [9.17, 15) is 21.9 Å². The van der Waals surface area contributed by atoms with Crippen molar-refractivity contribution in [2.75, 3.05) is 31.1 Å². The molecular formula is C22H19ClF3N4O2S-. The molecule has 1 fully saturated rings. The molecule has 0 bridgehead atoms. The lowest BCUT2D eigenvalue weighted by Crippen LogP contribution is -2.44. The Morgan fingerprint density at radius 1 is 1.00 bits per heavy atom. The third kappa shape index (κ3) is 5.52. The molecule has 11 heteroatoms. The van der Waals surface area contributed by atoms with Gasteiger partial charge in [0.05, 0.1) is 11.3 Å². The van der Waals surface area contributed by atoms with Crippen LogP contribution < -0.4 is 10.2 Å². The van der Waals surface area contributed by atoms with Crippen LogP contribution in [0.3, 0.4) is 0 Å². The molecule has 4 rings (SSSR count). The molecule has 33 heavy (non-hydrogen) atoms. The number of aromatic nitrogens is 2. The second-order valence-electron chi connectivity index (χ2n) is 7.48. The summed E-state index contributed by atoms with van der Waals surface area (Å²) in [4.78, 5) is 9.70. The van der Waals surface area contributed by atoms with Gasteiger partial charge in [-0.2, -0.15) is 13.2 Å². The van der Waals surface area contributed by atoms with Gasteiger partial charge in [0, 0.05) is 42.5 Å². The molecular weight excluding hydrogens is 477 g/mol. The van der Waals surface area contributed by atoms with Crippen LogP contribution in [0, 0.1) is 0 Å². The molecule has 2 aromatic carbocycles. The number of hydrogen-bond acceptors (Lipinski definition) is 6. The fraction of sp³-hybridized carbons (Fsp3) is 0.273. The number of hydrogen-bond donors (Lipinski definition) is 1. The fourth-order valence-corrected chi connectivity index (χ4v) is 4.26. The number of alkyl halides is 3. The first-order valence-electron chi connectivity index (χ1n) is 10.1. The van der Waals surface area contributed by atoms with Gasteiger partial charge in [-0.25, -0.2) is 9.97 Å². The Hall–Kier alpha value is -2.53. The van der Waals surface area contributed by atoms with E-state index in [1.165, 1.54) is 0 Å². The molecule has 0 radical (unpaired) electrons. The molecule has 0 aliphatic carbocycles. The molecule has 1 unspecified atom stereocenters. The van der Waals surface area contributed by atoms with Gasteiger partial charge in [-0.15, -0.1) is 0 Å². The maximum absolute atomic E-state index is 13.8. The Bertz CT molecular complexity index is 1150. The molecule has 0 saturated carbocycles. The van der Waals surface area contributed by atoms with Crippen molar-refractivity contribution < 1.29 is 21.9 Å². The maximum Gasteiger partial charge on any atom is 0.451 e. The van der Waals surface area contributed by atoms with Gasteiger partial charge in [0.1, 0.15) is 5.82 Å². The highest BCUT2D eigenvalue weighted by atomic mass is 35.5. The van der Waals surface area contributed by atoms with Crippen molar-refractivity contribution in [2.24, 2.45) is 0 Å². The van der Waals surface area contributed by atoms with E-state index in [1.807, 2.05) is 4.90 Å². The summed E-state index contributed by atoms with van der Waals surface area (Å²) in [6.07, 6.45) is -4.74. The molecule has 3 aromatic rings. The Morgan fingerprint density at radius 2 is 1.61 bits per heavy atom. The van der Waals surface area contributed by atoms with Crippen molar-refractivity contribution in [3.63, 3.8) is 0 Å². The summed E-state index contributed by atoms with van der Waals surface area (Å²) >= 11 is 3.76. The zero-order valence-corrected chi connectivity index (χ0v) is 18.8. The van der Waals surface area contributed by atoms with Gasteiger partial charge in [0.25, 0.3) is 0 Å². The van der Waals surface area contributed by atoms with Crippen LogP contribution in [0.4, 0.5) is 19.0 Å². The summed E-state index contributed by atoms with van der Waals surface area (Å²) < 4.78 is 63.3. The highest BCUT2D eigenvalue weighted by molar-refractivity contribution is 7.78. The molecule has 174 valence electrons. The highest BCUT2D eigenvalue weighted by Gasteiger charge is 2.37. The monoisotopic (exact) mass is 495 g/mol. The topological polar surface area (TPSA) is 81.2 Å². The number of nitrogens with zero attached hydrogens (tertiary/aromatic N) is 3. The largest absolute Gasteiger partial charge is 0.772 e. The predicted molar refractivity (Wildman–Crippen MR) is 121 cm³/mol. The molecule has 1 aromatic heterocycles. The standard InChI is InChI=1S/C22H20ClF3N4O2S/c23-17-7-5-15(6-8-17)18-19(16-3-1-14(2-4-16)13-33(31)32)28-21(22(24,25)26)29-20(18)30-11-9-27-10-12-30/h1-8,27H,9-13H2,(H,31,32)/p-1. The van der Waals surface area contributed by atoms with Gasteiger partial charge >= 0.3 is 6.18 Å². The smallest absolute Gasteiger partial charge is 0.451 e.